The maximum Gasteiger partial charge on any atom is 0.104 e. The summed E-state index contributed by atoms with van der Waals surface area (Å²) < 4.78 is 0. The van der Waals surface area contributed by atoms with Crippen LogP contribution in [0.15, 0.2) is 42.6 Å². The van der Waals surface area contributed by atoms with Gasteiger partial charge in [0.15, 0.2) is 0 Å². The average molecular weight is 313 g/mol. The van der Waals surface area contributed by atoms with Crippen LogP contribution in [0.25, 0.3) is 10.8 Å². The number of thiazole rings is 1. The van der Waals surface area contributed by atoms with Crippen LogP contribution in [0.3, 0.4) is 0 Å². The van der Waals surface area contributed by atoms with Crippen molar-refractivity contribution in [3.05, 3.63) is 58.0 Å². The quantitative estimate of drug-likeness (QED) is 0.718. The number of thiocarbonyl (C=S) groups is 1. The Morgan fingerprint density at radius 3 is 2.67 bits per heavy atom. The first-order chi connectivity index (χ1) is 10.1. The summed E-state index contributed by atoms with van der Waals surface area (Å²) in [6, 6.07) is 12.2. The van der Waals surface area contributed by atoms with Crippen molar-refractivity contribution in [1.82, 2.24) is 4.98 Å². The standard InChI is InChI=1S/C16H15N3S2/c1-10-18-8-11(21-10)9-19-15-7-6-14(16(17)20)12-4-2-3-5-13(12)15/h2-8,19H,9H2,1H3,(H2,17,20). The summed E-state index contributed by atoms with van der Waals surface area (Å²) >= 11 is 6.83. The smallest absolute Gasteiger partial charge is 0.104 e. The molecule has 0 bridgehead atoms. The molecular formula is C16H15N3S2. The molecule has 0 fully saturated rings. The molecule has 2 aromatic carbocycles. The number of aromatic nitrogens is 1. The normalized spacial score (nSPS) is 10.7. The Kier molecular flexibility index (Phi) is 3.86. The van der Waals surface area contributed by atoms with Gasteiger partial charge >= 0.3 is 0 Å². The van der Waals surface area contributed by atoms with E-state index in [1.807, 2.05) is 43.5 Å². The maximum absolute atomic E-state index is 5.80. The number of fused-ring (bicyclic) bond motifs is 1. The molecule has 1 heterocycles. The van der Waals surface area contributed by atoms with Crippen LogP contribution in [0.4, 0.5) is 5.69 Å². The predicted octanol–water partition coefficient (Wildman–Crippen LogP) is 3.85. The average Bonchev–Trinajstić information content (AvgIpc) is 2.90. The van der Waals surface area contributed by atoms with Gasteiger partial charge < -0.3 is 11.1 Å². The minimum atomic E-state index is 0.427. The molecule has 0 aliphatic heterocycles. The van der Waals surface area contributed by atoms with Gasteiger partial charge in [-0.2, -0.15) is 0 Å². The highest BCUT2D eigenvalue weighted by Gasteiger charge is 2.07. The number of benzene rings is 2. The molecule has 3 aromatic rings. The zero-order chi connectivity index (χ0) is 14.8. The summed E-state index contributed by atoms with van der Waals surface area (Å²) in [4.78, 5) is 5.92. The summed E-state index contributed by atoms with van der Waals surface area (Å²) in [5, 5.41) is 6.76. The molecule has 0 aliphatic carbocycles. The van der Waals surface area contributed by atoms with Crippen molar-refractivity contribution in [1.29, 1.82) is 0 Å². The molecule has 0 unspecified atom stereocenters. The van der Waals surface area contributed by atoms with Crippen molar-refractivity contribution in [2.75, 3.05) is 5.32 Å². The number of hydrogen-bond donors (Lipinski definition) is 2. The summed E-state index contributed by atoms with van der Waals surface area (Å²) in [5.41, 5.74) is 7.80. The van der Waals surface area contributed by atoms with Crippen LogP contribution < -0.4 is 11.1 Å². The van der Waals surface area contributed by atoms with E-state index < -0.39 is 0 Å². The molecule has 0 atom stereocenters. The minimum Gasteiger partial charge on any atom is -0.389 e. The Balaban J connectivity index is 1.96. The van der Waals surface area contributed by atoms with Crippen LogP contribution in [-0.4, -0.2) is 9.97 Å². The molecule has 5 heteroatoms. The van der Waals surface area contributed by atoms with Crippen LogP contribution in [0.5, 0.6) is 0 Å². The Hall–Kier alpha value is -1.98. The second kappa shape index (κ2) is 5.79. The van der Waals surface area contributed by atoms with Crippen molar-refractivity contribution in [3.63, 3.8) is 0 Å². The zero-order valence-electron chi connectivity index (χ0n) is 11.6. The highest BCUT2D eigenvalue weighted by atomic mass is 32.1. The van der Waals surface area contributed by atoms with E-state index in [1.54, 1.807) is 11.3 Å². The number of rotatable bonds is 4. The Morgan fingerprint density at radius 2 is 2.00 bits per heavy atom. The molecule has 3 rings (SSSR count). The number of nitrogens with two attached hydrogens (primary N) is 1. The molecule has 0 radical (unpaired) electrons. The van der Waals surface area contributed by atoms with Crippen molar-refractivity contribution < 1.29 is 0 Å². The molecule has 0 saturated carbocycles. The van der Waals surface area contributed by atoms with Gasteiger partial charge in [-0.3, -0.25) is 0 Å². The molecule has 106 valence electrons. The van der Waals surface area contributed by atoms with Gasteiger partial charge in [-0.05, 0) is 24.4 Å². The van der Waals surface area contributed by atoms with Crippen LogP contribution >= 0.6 is 23.6 Å². The SMILES string of the molecule is Cc1ncc(CNc2ccc(C(N)=S)c3ccccc23)s1. The molecule has 3 N–H and O–H groups in total. The van der Waals surface area contributed by atoms with Gasteiger partial charge in [0.25, 0.3) is 0 Å². The molecule has 1 aromatic heterocycles. The van der Waals surface area contributed by atoms with Gasteiger partial charge in [0, 0.05) is 27.7 Å². The number of nitrogens with zero attached hydrogens (tertiary/aromatic N) is 1. The van der Waals surface area contributed by atoms with Gasteiger partial charge in [0.1, 0.15) is 4.99 Å². The third-order valence-corrected chi connectivity index (χ3v) is 4.44. The van der Waals surface area contributed by atoms with Crippen molar-refractivity contribution in [3.8, 4) is 0 Å². The van der Waals surface area contributed by atoms with Gasteiger partial charge in [-0.25, -0.2) is 4.98 Å². The van der Waals surface area contributed by atoms with Crippen LogP contribution in [0.2, 0.25) is 0 Å². The van der Waals surface area contributed by atoms with E-state index in [9.17, 15) is 0 Å². The minimum absolute atomic E-state index is 0.427. The first-order valence-electron chi connectivity index (χ1n) is 6.62. The molecule has 0 amide bonds. The first-order valence-corrected chi connectivity index (χ1v) is 7.84. The van der Waals surface area contributed by atoms with Crippen LogP contribution in [0.1, 0.15) is 15.4 Å². The van der Waals surface area contributed by atoms with Gasteiger partial charge in [0.2, 0.25) is 0 Å². The monoisotopic (exact) mass is 313 g/mol. The number of anilines is 1. The van der Waals surface area contributed by atoms with E-state index in [1.165, 1.54) is 4.88 Å². The first kappa shape index (κ1) is 14.0. The molecule has 21 heavy (non-hydrogen) atoms. The molecule has 0 spiro atoms. The maximum atomic E-state index is 5.80. The molecule has 0 saturated heterocycles. The van der Waals surface area contributed by atoms with Crippen LogP contribution in [0, 0.1) is 6.92 Å². The Morgan fingerprint density at radius 1 is 1.24 bits per heavy atom. The molecule has 3 nitrogen and oxygen atoms in total. The van der Waals surface area contributed by atoms with Gasteiger partial charge in [0.05, 0.1) is 11.6 Å². The molecule has 0 aliphatic rings. The summed E-state index contributed by atoms with van der Waals surface area (Å²) in [7, 11) is 0. The largest absolute Gasteiger partial charge is 0.389 e. The lowest BCUT2D eigenvalue weighted by Crippen LogP contribution is -2.10. The van der Waals surface area contributed by atoms with Crippen molar-refractivity contribution in [2.24, 2.45) is 5.73 Å². The highest BCUT2D eigenvalue weighted by molar-refractivity contribution is 7.80. The van der Waals surface area contributed by atoms with Crippen molar-refractivity contribution in [2.45, 2.75) is 13.5 Å². The lowest BCUT2D eigenvalue weighted by Gasteiger charge is -2.12. The van der Waals surface area contributed by atoms with E-state index in [4.69, 9.17) is 18.0 Å². The summed E-state index contributed by atoms with van der Waals surface area (Å²) in [5.74, 6) is 0. The predicted molar refractivity (Wildman–Crippen MR) is 94.0 cm³/mol. The fraction of sp³-hybridized carbons (Fsp3) is 0.125. The fourth-order valence-corrected chi connectivity index (χ4v) is 3.25. The second-order valence-corrected chi connectivity index (χ2v) is 6.53. The zero-order valence-corrected chi connectivity index (χ0v) is 13.2. The summed E-state index contributed by atoms with van der Waals surface area (Å²) in [6.45, 7) is 2.78. The lowest BCUT2D eigenvalue weighted by atomic mass is 10.0. The summed E-state index contributed by atoms with van der Waals surface area (Å²) in [6.07, 6.45) is 1.92. The van der Waals surface area contributed by atoms with E-state index in [0.29, 0.717) is 4.99 Å². The van der Waals surface area contributed by atoms with E-state index in [2.05, 4.69) is 16.4 Å². The van der Waals surface area contributed by atoms with E-state index in [0.717, 1.165) is 33.6 Å². The van der Waals surface area contributed by atoms with Gasteiger partial charge in [-0.1, -0.05) is 36.5 Å². The lowest BCUT2D eigenvalue weighted by molar-refractivity contribution is 1.17. The fourth-order valence-electron chi connectivity index (χ4n) is 2.34. The van der Waals surface area contributed by atoms with Crippen molar-refractivity contribution >= 4 is 45.0 Å². The Bertz CT molecular complexity index is 808. The van der Waals surface area contributed by atoms with E-state index in [-0.39, 0.29) is 0 Å². The number of nitrogens with one attached hydrogen (secondary N) is 1. The van der Waals surface area contributed by atoms with Gasteiger partial charge in [-0.15, -0.1) is 11.3 Å². The second-order valence-electron chi connectivity index (χ2n) is 4.77. The van der Waals surface area contributed by atoms with Crippen LogP contribution in [-0.2, 0) is 6.54 Å². The number of aryl methyl sites for hydroxylation is 1. The highest BCUT2D eigenvalue weighted by Crippen LogP contribution is 2.27. The Labute approximate surface area is 132 Å². The third kappa shape index (κ3) is 2.89. The third-order valence-electron chi connectivity index (χ3n) is 3.31. The number of hydrogen-bond acceptors (Lipinski definition) is 4. The molecular weight excluding hydrogens is 298 g/mol. The topological polar surface area (TPSA) is 50.9 Å². The van der Waals surface area contributed by atoms with E-state index >= 15 is 0 Å².